The summed E-state index contributed by atoms with van der Waals surface area (Å²) in [5.74, 6) is -0.0390. The molecule has 1 saturated heterocycles. The molecule has 0 saturated carbocycles. The Kier molecular flexibility index (Phi) is 5.06. The van der Waals surface area contributed by atoms with Gasteiger partial charge in [0.05, 0.1) is 6.10 Å². The van der Waals surface area contributed by atoms with E-state index in [9.17, 15) is 14.3 Å². The number of carbonyl (C=O) groups excluding carboxylic acids is 1. The molecule has 122 valence electrons. The van der Waals surface area contributed by atoms with E-state index in [-0.39, 0.29) is 17.8 Å². The predicted octanol–water partition coefficient (Wildman–Crippen LogP) is 2.52. The quantitative estimate of drug-likeness (QED) is 0.901. The lowest BCUT2D eigenvalue weighted by Gasteiger charge is -2.35. The zero-order chi connectivity index (χ0) is 16.3. The van der Waals surface area contributed by atoms with E-state index in [0.717, 1.165) is 6.42 Å². The third kappa shape index (κ3) is 3.77. The number of hydrogen-bond donors (Lipinski definition) is 2. The van der Waals surface area contributed by atoms with Crippen LogP contribution < -0.4 is 5.32 Å². The van der Waals surface area contributed by atoms with Crippen molar-refractivity contribution in [2.45, 2.75) is 38.7 Å². The van der Waals surface area contributed by atoms with Crippen molar-refractivity contribution in [3.05, 3.63) is 35.6 Å². The van der Waals surface area contributed by atoms with Gasteiger partial charge in [0.25, 0.3) is 0 Å². The number of amides is 2. The Bertz CT molecular complexity index is 533. The zero-order valence-electron chi connectivity index (χ0n) is 13.5. The second-order valence-electron chi connectivity index (χ2n) is 6.80. The molecule has 22 heavy (non-hydrogen) atoms. The Labute approximate surface area is 131 Å². The fourth-order valence-corrected chi connectivity index (χ4v) is 2.75. The van der Waals surface area contributed by atoms with Crippen LogP contribution in [0.2, 0.25) is 0 Å². The molecule has 1 aromatic carbocycles. The van der Waals surface area contributed by atoms with E-state index in [1.54, 1.807) is 23.1 Å². The maximum atomic E-state index is 13.9. The molecule has 1 aliphatic heterocycles. The molecule has 2 unspecified atom stereocenters. The van der Waals surface area contributed by atoms with Crippen molar-refractivity contribution in [2.24, 2.45) is 5.92 Å². The van der Waals surface area contributed by atoms with Crippen LogP contribution in [0.3, 0.4) is 0 Å². The van der Waals surface area contributed by atoms with Crippen LogP contribution in [0.5, 0.6) is 0 Å². The van der Waals surface area contributed by atoms with Crippen molar-refractivity contribution in [2.75, 3.05) is 19.6 Å². The first-order chi connectivity index (χ1) is 10.3. The van der Waals surface area contributed by atoms with Crippen molar-refractivity contribution in [1.82, 2.24) is 10.2 Å². The number of β-amino-alcohol motifs (C(OH)–C–C–N with tert-alkyl or cyclic N) is 1. The van der Waals surface area contributed by atoms with Gasteiger partial charge in [-0.15, -0.1) is 0 Å². The average molecular weight is 308 g/mol. The minimum atomic E-state index is -0.497. The van der Waals surface area contributed by atoms with Crippen molar-refractivity contribution in [3.8, 4) is 0 Å². The fraction of sp³-hybridized carbons (Fsp3) is 0.588. The maximum absolute atomic E-state index is 13.9. The lowest BCUT2D eigenvalue weighted by molar-refractivity contribution is 0.0433. The van der Waals surface area contributed by atoms with Crippen LogP contribution in [0.25, 0.3) is 0 Å². The number of urea groups is 1. The summed E-state index contributed by atoms with van der Waals surface area (Å²) >= 11 is 0. The summed E-state index contributed by atoms with van der Waals surface area (Å²) in [6.45, 7) is 7.13. The van der Waals surface area contributed by atoms with Gasteiger partial charge in [-0.05, 0) is 24.0 Å². The van der Waals surface area contributed by atoms with Gasteiger partial charge in [0.15, 0.2) is 0 Å². The molecule has 0 aliphatic carbocycles. The molecule has 1 fully saturated rings. The van der Waals surface area contributed by atoms with Gasteiger partial charge in [0.1, 0.15) is 5.82 Å². The van der Waals surface area contributed by atoms with E-state index in [1.165, 1.54) is 6.07 Å². The van der Waals surface area contributed by atoms with Gasteiger partial charge in [0, 0.05) is 25.0 Å². The highest BCUT2D eigenvalue weighted by Gasteiger charge is 2.29. The molecular weight excluding hydrogens is 283 g/mol. The molecule has 4 nitrogen and oxygen atoms in total. The summed E-state index contributed by atoms with van der Waals surface area (Å²) in [7, 11) is 0. The van der Waals surface area contributed by atoms with Crippen LogP contribution in [-0.4, -0.2) is 41.8 Å². The van der Waals surface area contributed by atoms with Gasteiger partial charge in [-0.1, -0.05) is 39.0 Å². The van der Waals surface area contributed by atoms with Crippen LogP contribution in [0.15, 0.2) is 24.3 Å². The highest BCUT2D eigenvalue weighted by atomic mass is 19.1. The summed E-state index contributed by atoms with van der Waals surface area (Å²) in [5.41, 5.74) is 0.0884. The van der Waals surface area contributed by atoms with E-state index in [0.29, 0.717) is 25.2 Å². The summed E-state index contributed by atoms with van der Waals surface area (Å²) in [6, 6.07) is 6.43. The summed E-state index contributed by atoms with van der Waals surface area (Å²) in [4.78, 5) is 13.9. The molecule has 2 atom stereocenters. The number of hydrogen-bond acceptors (Lipinski definition) is 2. The Hall–Kier alpha value is -1.62. The molecule has 0 spiro atoms. The number of aliphatic hydroxyl groups is 1. The number of aliphatic hydroxyl groups excluding tert-OH is 1. The molecule has 5 heteroatoms. The number of rotatable bonds is 3. The topological polar surface area (TPSA) is 52.6 Å². The minimum absolute atomic E-state index is 0.199. The van der Waals surface area contributed by atoms with Gasteiger partial charge >= 0.3 is 6.03 Å². The van der Waals surface area contributed by atoms with E-state index >= 15 is 0 Å². The third-order valence-corrected chi connectivity index (χ3v) is 4.49. The van der Waals surface area contributed by atoms with Gasteiger partial charge < -0.3 is 15.3 Å². The van der Waals surface area contributed by atoms with Crippen LogP contribution in [-0.2, 0) is 5.41 Å². The second kappa shape index (κ2) is 6.65. The van der Waals surface area contributed by atoms with Crippen molar-refractivity contribution in [3.63, 3.8) is 0 Å². The van der Waals surface area contributed by atoms with Crippen LogP contribution >= 0.6 is 0 Å². The molecule has 0 radical (unpaired) electrons. The zero-order valence-corrected chi connectivity index (χ0v) is 13.5. The van der Waals surface area contributed by atoms with Crippen molar-refractivity contribution >= 4 is 6.03 Å². The first-order valence-corrected chi connectivity index (χ1v) is 7.77. The second-order valence-corrected chi connectivity index (χ2v) is 6.80. The Morgan fingerprint density at radius 1 is 1.45 bits per heavy atom. The highest BCUT2D eigenvalue weighted by molar-refractivity contribution is 5.74. The molecule has 2 N–H and O–H groups in total. The van der Waals surface area contributed by atoms with Crippen molar-refractivity contribution in [1.29, 1.82) is 0 Å². The first kappa shape index (κ1) is 16.7. The number of nitrogens with zero attached hydrogens (tertiary/aromatic N) is 1. The lowest BCUT2D eigenvalue weighted by Crippen LogP contribution is -2.51. The van der Waals surface area contributed by atoms with Crippen LogP contribution in [0.1, 0.15) is 32.8 Å². The molecule has 2 rings (SSSR count). The van der Waals surface area contributed by atoms with Gasteiger partial charge in [0.2, 0.25) is 0 Å². The number of halogens is 1. The SMILES string of the molecule is CC1CCN(C(=O)NCC(C)(C)c2ccccc2F)CC1O. The van der Waals surface area contributed by atoms with E-state index < -0.39 is 11.5 Å². The molecule has 2 amide bonds. The van der Waals surface area contributed by atoms with E-state index in [4.69, 9.17) is 0 Å². The van der Waals surface area contributed by atoms with E-state index in [2.05, 4.69) is 5.32 Å². The van der Waals surface area contributed by atoms with Crippen LogP contribution in [0, 0.1) is 11.7 Å². The fourth-order valence-electron chi connectivity index (χ4n) is 2.75. The predicted molar refractivity (Wildman–Crippen MR) is 84.2 cm³/mol. The maximum Gasteiger partial charge on any atom is 0.317 e. The monoisotopic (exact) mass is 308 g/mol. The van der Waals surface area contributed by atoms with Crippen molar-refractivity contribution < 1.29 is 14.3 Å². The summed E-state index contributed by atoms with van der Waals surface area (Å²) in [5, 5.41) is 12.7. The molecule has 1 heterocycles. The van der Waals surface area contributed by atoms with Gasteiger partial charge in [-0.25, -0.2) is 9.18 Å². The van der Waals surface area contributed by atoms with Gasteiger partial charge in [-0.2, -0.15) is 0 Å². The standard InChI is InChI=1S/C17H25FN2O2/c1-12-8-9-20(10-15(12)21)16(22)19-11-17(2,3)13-6-4-5-7-14(13)18/h4-7,12,15,21H,8-11H2,1-3H3,(H,19,22). The summed E-state index contributed by atoms with van der Waals surface area (Å²) in [6.07, 6.45) is 0.324. The molecule has 1 aromatic rings. The smallest absolute Gasteiger partial charge is 0.317 e. The first-order valence-electron chi connectivity index (χ1n) is 7.77. The molecule has 0 aromatic heterocycles. The number of likely N-dealkylation sites (tertiary alicyclic amines) is 1. The Morgan fingerprint density at radius 3 is 2.77 bits per heavy atom. The Morgan fingerprint density at radius 2 is 2.14 bits per heavy atom. The molecule has 0 bridgehead atoms. The molecular formula is C17H25FN2O2. The third-order valence-electron chi connectivity index (χ3n) is 4.49. The lowest BCUT2D eigenvalue weighted by atomic mass is 9.84. The average Bonchev–Trinajstić information content (AvgIpc) is 2.48. The Balaban J connectivity index is 1.94. The largest absolute Gasteiger partial charge is 0.391 e. The number of nitrogens with one attached hydrogen (secondary N) is 1. The summed E-state index contributed by atoms with van der Waals surface area (Å²) < 4.78 is 13.9. The highest BCUT2D eigenvalue weighted by Crippen LogP contribution is 2.25. The minimum Gasteiger partial charge on any atom is -0.391 e. The van der Waals surface area contributed by atoms with Crippen LogP contribution in [0.4, 0.5) is 9.18 Å². The number of carbonyl (C=O) groups is 1. The number of piperidine rings is 1. The van der Waals surface area contributed by atoms with E-state index in [1.807, 2.05) is 20.8 Å². The normalized spacial score (nSPS) is 22.5. The molecule has 1 aliphatic rings. The number of benzene rings is 1. The van der Waals surface area contributed by atoms with Gasteiger partial charge in [-0.3, -0.25) is 0 Å².